The molecule has 0 radical (unpaired) electrons. The number of nitrogens with one attached hydrogen (secondary N) is 1. The number of rotatable bonds is 5. The van der Waals surface area contributed by atoms with Crippen LogP contribution >= 0.6 is 34.7 Å². The van der Waals surface area contributed by atoms with Gasteiger partial charge in [0.05, 0.1) is 0 Å². The van der Waals surface area contributed by atoms with E-state index in [1.165, 1.54) is 0 Å². The number of nitrogens with zero attached hydrogens (tertiary/aromatic N) is 1. The topological polar surface area (TPSA) is 82.1 Å². The molecule has 1 aromatic heterocycles. The normalized spacial score (nSPS) is 9.53. The first-order valence-electron chi connectivity index (χ1n) is 4.31. The molecule has 1 heterocycles. The number of amides is 1. The van der Waals surface area contributed by atoms with Crippen LogP contribution in [0, 0.1) is 0 Å². The molecule has 88 valence electrons. The molecule has 0 fully saturated rings. The van der Waals surface area contributed by atoms with Crippen molar-refractivity contribution in [2.75, 3.05) is 6.54 Å². The van der Waals surface area contributed by atoms with E-state index in [1.807, 2.05) is 0 Å². The maximum Gasteiger partial charge on any atom is 1.00 e. The van der Waals surface area contributed by atoms with Gasteiger partial charge < -0.3 is 15.2 Å². The molecule has 0 aliphatic carbocycles. The van der Waals surface area contributed by atoms with Crippen molar-refractivity contribution < 1.29 is 44.3 Å². The molecule has 1 rings (SSSR count). The molecule has 0 atom stereocenters. The minimum Gasteiger partial charge on any atom is -0.550 e. The van der Waals surface area contributed by atoms with Gasteiger partial charge in [0.1, 0.15) is 9.36 Å². The Balaban J connectivity index is 0.00000256. The number of hydrogen-bond acceptors (Lipinski definition) is 5. The van der Waals surface area contributed by atoms with Crippen LogP contribution in [-0.2, 0) is 4.79 Å². The van der Waals surface area contributed by atoms with E-state index >= 15 is 0 Å². The van der Waals surface area contributed by atoms with Gasteiger partial charge in [-0.3, -0.25) is 4.79 Å². The second kappa shape index (κ2) is 8.29. The molecule has 0 bridgehead atoms. The number of halogens is 2. The van der Waals surface area contributed by atoms with Gasteiger partial charge in [0.15, 0.2) is 5.69 Å². The van der Waals surface area contributed by atoms with Gasteiger partial charge in [0, 0.05) is 12.5 Å². The molecule has 0 aliphatic rings. The number of carbonyl (C=O) groups excluding carboxylic acids is 2. The zero-order valence-electron chi connectivity index (χ0n) is 8.96. The minimum atomic E-state index is -1.15. The number of carboxylic acid groups (broad SMARTS) is 1. The van der Waals surface area contributed by atoms with E-state index in [9.17, 15) is 14.7 Å². The molecule has 17 heavy (non-hydrogen) atoms. The summed E-state index contributed by atoms with van der Waals surface area (Å²) in [7, 11) is 0. The number of aromatic nitrogens is 1. The van der Waals surface area contributed by atoms with Crippen molar-refractivity contribution in [1.82, 2.24) is 9.69 Å². The fraction of sp³-hybridized carbons (Fsp3) is 0.375. The van der Waals surface area contributed by atoms with Crippen molar-refractivity contribution in [2.45, 2.75) is 12.8 Å². The van der Waals surface area contributed by atoms with E-state index in [0.717, 1.165) is 11.5 Å². The van der Waals surface area contributed by atoms with Crippen LogP contribution in [0.25, 0.3) is 0 Å². The SMILES string of the molecule is O=C([O-])CCCNC(=O)c1nsc(Cl)c1Cl.[Na+]. The van der Waals surface area contributed by atoms with Gasteiger partial charge in [0.2, 0.25) is 0 Å². The van der Waals surface area contributed by atoms with Crippen LogP contribution in [0.15, 0.2) is 0 Å². The third-order valence-electron chi connectivity index (χ3n) is 1.66. The van der Waals surface area contributed by atoms with Crippen LogP contribution in [0.5, 0.6) is 0 Å². The van der Waals surface area contributed by atoms with Gasteiger partial charge in [-0.05, 0) is 24.4 Å². The Bertz CT molecular complexity index is 413. The first kappa shape index (κ1) is 17.2. The van der Waals surface area contributed by atoms with E-state index in [1.54, 1.807) is 0 Å². The number of aliphatic carboxylic acids is 1. The van der Waals surface area contributed by atoms with Gasteiger partial charge in [-0.1, -0.05) is 23.2 Å². The molecule has 0 aromatic carbocycles. The van der Waals surface area contributed by atoms with Crippen molar-refractivity contribution in [1.29, 1.82) is 0 Å². The van der Waals surface area contributed by atoms with E-state index in [4.69, 9.17) is 23.2 Å². The van der Waals surface area contributed by atoms with Gasteiger partial charge in [-0.25, -0.2) is 0 Å². The summed E-state index contributed by atoms with van der Waals surface area (Å²) in [6.45, 7) is 0.221. The van der Waals surface area contributed by atoms with Crippen LogP contribution in [0.3, 0.4) is 0 Å². The summed E-state index contributed by atoms with van der Waals surface area (Å²) in [5, 5.41) is 12.7. The summed E-state index contributed by atoms with van der Waals surface area (Å²) >= 11 is 12.3. The summed E-state index contributed by atoms with van der Waals surface area (Å²) in [4.78, 5) is 21.5. The van der Waals surface area contributed by atoms with Crippen molar-refractivity contribution in [3.05, 3.63) is 15.1 Å². The van der Waals surface area contributed by atoms with Crippen molar-refractivity contribution >= 4 is 46.6 Å². The predicted octanol–water partition coefficient (Wildman–Crippen LogP) is -2.29. The Morgan fingerprint density at radius 1 is 1.41 bits per heavy atom. The zero-order valence-corrected chi connectivity index (χ0v) is 13.3. The molecule has 5 nitrogen and oxygen atoms in total. The smallest absolute Gasteiger partial charge is 0.550 e. The fourth-order valence-electron chi connectivity index (χ4n) is 0.918. The Morgan fingerprint density at radius 2 is 2.06 bits per heavy atom. The van der Waals surface area contributed by atoms with Crippen molar-refractivity contribution in [2.24, 2.45) is 0 Å². The third-order valence-corrected chi connectivity index (χ3v) is 3.27. The van der Waals surface area contributed by atoms with E-state index in [-0.39, 0.29) is 57.6 Å². The van der Waals surface area contributed by atoms with Gasteiger partial charge in [-0.2, -0.15) is 4.37 Å². The summed E-state index contributed by atoms with van der Waals surface area (Å²) in [6, 6.07) is 0. The molecule has 0 unspecified atom stereocenters. The van der Waals surface area contributed by atoms with Crippen LogP contribution in [0.2, 0.25) is 9.36 Å². The molecule has 0 saturated carbocycles. The maximum atomic E-state index is 11.5. The van der Waals surface area contributed by atoms with E-state index in [0.29, 0.717) is 6.42 Å². The second-order valence-corrected chi connectivity index (χ2v) is 4.60. The summed E-state index contributed by atoms with van der Waals surface area (Å²) in [5.74, 6) is -1.62. The number of carbonyl (C=O) groups is 2. The maximum absolute atomic E-state index is 11.5. The van der Waals surface area contributed by atoms with E-state index in [2.05, 4.69) is 9.69 Å². The zero-order chi connectivity index (χ0) is 12.1. The molecule has 1 amide bonds. The Labute approximate surface area is 134 Å². The predicted molar refractivity (Wildman–Crippen MR) is 58.7 cm³/mol. The summed E-state index contributed by atoms with van der Waals surface area (Å²) in [6.07, 6.45) is 0.190. The van der Waals surface area contributed by atoms with Crippen LogP contribution in [-0.4, -0.2) is 22.8 Å². The molecular formula is C8H7Cl2N2NaO3S. The van der Waals surface area contributed by atoms with Gasteiger partial charge in [0.25, 0.3) is 5.91 Å². The first-order valence-corrected chi connectivity index (χ1v) is 5.84. The average Bonchev–Trinajstić information content (AvgIpc) is 2.54. The molecule has 9 heteroatoms. The molecular weight excluding hydrogens is 298 g/mol. The minimum absolute atomic E-state index is 0. The van der Waals surface area contributed by atoms with E-state index < -0.39 is 11.9 Å². The summed E-state index contributed by atoms with van der Waals surface area (Å²) in [5.41, 5.74) is 0.0603. The number of carboxylic acids is 1. The molecule has 1 N–H and O–H groups in total. The average molecular weight is 305 g/mol. The fourth-order valence-corrected chi connectivity index (χ4v) is 1.92. The second-order valence-electron chi connectivity index (χ2n) is 2.85. The van der Waals surface area contributed by atoms with Crippen molar-refractivity contribution in [3.8, 4) is 0 Å². The third kappa shape index (κ3) is 5.54. The van der Waals surface area contributed by atoms with Gasteiger partial charge >= 0.3 is 29.6 Å². The molecule has 0 aliphatic heterocycles. The summed E-state index contributed by atoms with van der Waals surface area (Å²) < 4.78 is 4.02. The quantitative estimate of drug-likeness (QED) is 0.490. The number of hydrogen-bond donors (Lipinski definition) is 1. The van der Waals surface area contributed by atoms with Crippen molar-refractivity contribution in [3.63, 3.8) is 0 Å². The Kier molecular flexibility index (Phi) is 8.36. The standard InChI is InChI=1S/C8H8Cl2N2O3S.Na/c9-5-6(12-16-7(5)10)8(15)11-3-1-2-4(13)14;/h1-3H2,(H,11,15)(H,13,14);/q;+1/p-1. The monoisotopic (exact) mass is 304 g/mol. The largest absolute Gasteiger partial charge is 1.00 e. The van der Waals surface area contributed by atoms with Gasteiger partial charge in [-0.15, -0.1) is 0 Å². The Morgan fingerprint density at radius 3 is 2.53 bits per heavy atom. The molecule has 0 spiro atoms. The molecule has 1 aromatic rings. The Hall–Kier alpha value is 0.150. The van der Waals surface area contributed by atoms with Crippen LogP contribution in [0.1, 0.15) is 23.3 Å². The van der Waals surface area contributed by atoms with Crippen LogP contribution < -0.4 is 40.0 Å². The van der Waals surface area contributed by atoms with Crippen LogP contribution in [0.4, 0.5) is 0 Å². The molecule has 0 saturated heterocycles. The first-order chi connectivity index (χ1) is 7.52.